The van der Waals surface area contributed by atoms with E-state index in [2.05, 4.69) is 15.3 Å². The maximum Gasteiger partial charge on any atom is 0.255 e. The first-order chi connectivity index (χ1) is 10.2. The number of nitrogens with two attached hydrogens (primary N) is 1. The number of aromatic nitrogens is 2. The molecule has 0 saturated carbocycles. The van der Waals surface area contributed by atoms with Crippen LogP contribution in [0, 0.1) is 6.92 Å². The van der Waals surface area contributed by atoms with Gasteiger partial charge in [0, 0.05) is 17.8 Å². The van der Waals surface area contributed by atoms with Gasteiger partial charge in [-0.05, 0) is 42.8 Å². The number of imidazole rings is 1. The van der Waals surface area contributed by atoms with Gasteiger partial charge in [0.2, 0.25) is 0 Å². The Labute approximate surface area is 122 Å². The first-order valence-corrected chi connectivity index (χ1v) is 6.72. The molecular formula is C16H16N4O. The summed E-state index contributed by atoms with van der Waals surface area (Å²) in [4.78, 5) is 19.7. The first kappa shape index (κ1) is 13.3. The zero-order valence-electron chi connectivity index (χ0n) is 11.7. The standard InChI is InChI=1S/C16H16N4O/c1-10-18-14-7-6-13(8-15(14)19-10)20-16(21)12-4-2-11(9-17)3-5-12/h2-8H,9,17H2,1H3,(H,18,19)(H,20,21). The minimum Gasteiger partial charge on any atom is -0.342 e. The Balaban J connectivity index is 1.81. The van der Waals surface area contributed by atoms with Crippen molar-refractivity contribution in [3.8, 4) is 0 Å². The smallest absolute Gasteiger partial charge is 0.255 e. The van der Waals surface area contributed by atoms with Crippen molar-refractivity contribution in [1.29, 1.82) is 0 Å². The molecule has 5 nitrogen and oxygen atoms in total. The van der Waals surface area contributed by atoms with Crippen molar-refractivity contribution in [3.63, 3.8) is 0 Å². The van der Waals surface area contributed by atoms with Gasteiger partial charge in [-0.1, -0.05) is 12.1 Å². The fraction of sp³-hybridized carbons (Fsp3) is 0.125. The van der Waals surface area contributed by atoms with Gasteiger partial charge in [0.15, 0.2) is 0 Å². The molecule has 4 N–H and O–H groups in total. The molecule has 0 aliphatic rings. The minimum atomic E-state index is -0.144. The highest BCUT2D eigenvalue weighted by Crippen LogP contribution is 2.18. The van der Waals surface area contributed by atoms with Gasteiger partial charge in [-0.2, -0.15) is 0 Å². The third kappa shape index (κ3) is 2.78. The molecule has 3 aromatic rings. The van der Waals surface area contributed by atoms with E-state index in [1.807, 2.05) is 37.3 Å². The molecular weight excluding hydrogens is 264 g/mol. The number of anilines is 1. The normalized spacial score (nSPS) is 10.8. The van der Waals surface area contributed by atoms with E-state index in [0.29, 0.717) is 12.1 Å². The first-order valence-electron chi connectivity index (χ1n) is 6.72. The number of fused-ring (bicyclic) bond motifs is 1. The number of aryl methyl sites for hydroxylation is 1. The third-order valence-corrected chi connectivity index (χ3v) is 3.31. The van der Waals surface area contributed by atoms with Gasteiger partial charge in [0.25, 0.3) is 5.91 Å². The van der Waals surface area contributed by atoms with Crippen LogP contribution >= 0.6 is 0 Å². The molecule has 106 valence electrons. The maximum atomic E-state index is 12.2. The fourth-order valence-electron chi connectivity index (χ4n) is 2.21. The van der Waals surface area contributed by atoms with Crippen molar-refractivity contribution in [2.24, 2.45) is 5.73 Å². The molecule has 0 saturated heterocycles. The highest BCUT2D eigenvalue weighted by atomic mass is 16.1. The average Bonchev–Trinajstić information content (AvgIpc) is 2.86. The molecule has 1 aromatic heterocycles. The molecule has 0 atom stereocenters. The molecule has 0 spiro atoms. The summed E-state index contributed by atoms with van der Waals surface area (Å²) in [5, 5.41) is 2.88. The van der Waals surface area contributed by atoms with Crippen molar-refractivity contribution >= 4 is 22.6 Å². The number of rotatable bonds is 3. The molecule has 0 fully saturated rings. The van der Waals surface area contributed by atoms with Gasteiger partial charge in [0.05, 0.1) is 11.0 Å². The van der Waals surface area contributed by atoms with Crippen LogP contribution in [-0.2, 0) is 6.54 Å². The predicted octanol–water partition coefficient (Wildman–Crippen LogP) is 2.58. The van der Waals surface area contributed by atoms with Crippen molar-refractivity contribution < 1.29 is 4.79 Å². The van der Waals surface area contributed by atoms with Gasteiger partial charge >= 0.3 is 0 Å². The fourth-order valence-corrected chi connectivity index (χ4v) is 2.21. The van der Waals surface area contributed by atoms with Crippen LogP contribution in [0.4, 0.5) is 5.69 Å². The third-order valence-electron chi connectivity index (χ3n) is 3.31. The summed E-state index contributed by atoms with van der Waals surface area (Å²) in [6.45, 7) is 2.37. The number of amides is 1. The van der Waals surface area contributed by atoms with Gasteiger partial charge < -0.3 is 16.0 Å². The maximum absolute atomic E-state index is 12.2. The number of benzene rings is 2. The Morgan fingerprint density at radius 1 is 1.24 bits per heavy atom. The molecule has 2 aromatic carbocycles. The lowest BCUT2D eigenvalue weighted by molar-refractivity contribution is 0.102. The van der Waals surface area contributed by atoms with Gasteiger partial charge in [-0.15, -0.1) is 0 Å². The largest absolute Gasteiger partial charge is 0.342 e. The van der Waals surface area contributed by atoms with Crippen LogP contribution in [0.5, 0.6) is 0 Å². The molecule has 0 aliphatic carbocycles. The molecule has 1 heterocycles. The quantitative estimate of drug-likeness (QED) is 0.689. The van der Waals surface area contributed by atoms with E-state index >= 15 is 0 Å². The van der Waals surface area contributed by atoms with Crippen LogP contribution < -0.4 is 11.1 Å². The number of H-pyrrole nitrogens is 1. The lowest BCUT2D eigenvalue weighted by atomic mass is 10.1. The van der Waals surface area contributed by atoms with E-state index in [-0.39, 0.29) is 5.91 Å². The molecule has 5 heteroatoms. The summed E-state index contributed by atoms with van der Waals surface area (Å²) in [6, 6.07) is 12.9. The van der Waals surface area contributed by atoms with Crippen molar-refractivity contribution in [3.05, 3.63) is 59.4 Å². The second-order valence-corrected chi connectivity index (χ2v) is 4.91. The number of carbonyl (C=O) groups excluding carboxylic acids is 1. The van der Waals surface area contributed by atoms with Crippen LogP contribution in [0.25, 0.3) is 11.0 Å². The van der Waals surface area contributed by atoms with Crippen LogP contribution in [0.1, 0.15) is 21.7 Å². The predicted molar refractivity (Wildman–Crippen MR) is 83.1 cm³/mol. The SMILES string of the molecule is Cc1nc2ccc(NC(=O)c3ccc(CN)cc3)cc2[nH]1. The lowest BCUT2D eigenvalue weighted by Crippen LogP contribution is -2.12. The highest BCUT2D eigenvalue weighted by Gasteiger charge is 2.07. The van der Waals surface area contributed by atoms with Crippen LogP contribution in [0.3, 0.4) is 0 Å². The van der Waals surface area contributed by atoms with Crippen LogP contribution in [0.2, 0.25) is 0 Å². The Kier molecular flexibility index (Phi) is 3.41. The van der Waals surface area contributed by atoms with Crippen LogP contribution in [-0.4, -0.2) is 15.9 Å². The number of nitrogens with zero attached hydrogens (tertiary/aromatic N) is 1. The number of carbonyl (C=O) groups is 1. The topological polar surface area (TPSA) is 83.8 Å². The summed E-state index contributed by atoms with van der Waals surface area (Å²) < 4.78 is 0. The van der Waals surface area contributed by atoms with E-state index in [1.165, 1.54) is 0 Å². The van der Waals surface area contributed by atoms with Crippen molar-refractivity contribution in [2.45, 2.75) is 13.5 Å². The zero-order chi connectivity index (χ0) is 14.8. The van der Waals surface area contributed by atoms with Gasteiger partial charge in [-0.3, -0.25) is 4.79 Å². The monoisotopic (exact) mass is 280 g/mol. The van der Waals surface area contributed by atoms with Gasteiger partial charge in [-0.25, -0.2) is 4.98 Å². The summed E-state index contributed by atoms with van der Waals surface area (Å²) in [6.07, 6.45) is 0. The zero-order valence-corrected chi connectivity index (χ0v) is 11.7. The number of nitrogens with one attached hydrogen (secondary N) is 2. The second-order valence-electron chi connectivity index (χ2n) is 4.91. The van der Waals surface area contributed by atoms with E-state index in [1.54, 1.807) is 12.1 Å². The van der Waals surface area contributed by atoms with E-state index < -0.39 is 0 Å². The summed E-state index contributed by atoms with van der Waals surface area (Å²) in [7, 11) is 0. The van der Waals surface area contributed by atoms with Crippen molar-refractivity contribution in [2.75, 3.05) is 5.32 Å². The Bertz CT molecular complexity index is 790. The Hall–Kier alpha value is -2.66. The Morgan fingerprint density at radius 3 is 2.71 bits per heavy atom. The Morgan fingerprint density at radius 2 is 2.00 bits per heavy atom. The minimum absolute atomic E-state index is 0.144. The van der Waals surface area contributed by atoms with E-state index in [0.717, 1.165) is 28.1 Å². The van der Waals surface area contributed by atoms with E-state index in [4.69, 9.17) is 5.73 Å². The van der Waals surface area contributed by atoms with E-state index in [9.17, 15) is 4.79 Å². The number of aromatic amines is 1. The molecule has 0 unspecified atom stereocenters. The van der Waals surface area contributed by atoms with Crippen LogP contribution in [0.15, 0.2) is 42.5 Å². The number of hydrogen-bond acceptors (Lipinski definition) is 3. The summed E-state index contributed by atoms with van der Waals surface area (Å²) in [5.74, 6) is 0.708. The lowest BCUT2D eigenvalue weighted by Gasteiger charge is -2.06. The highest BCUT2D eigenvalue weighted by molar-refractivity contribution is 6.04. The number of hydrogen-bond donors (Lipinski definition) is 3. The van der Waals surface area contributed by atoms with Gasteiger partial charge in [0.1, 0.15) is 5.82 Å². The molecule has 0 radical (unpaired) electrons. The van der Waals surface area contributed by atoms with Crippen molar-refractivity contribution in [1.82, 2.24) is 9.97 Å². The molecule has 21 heavy (non-hydrogen) atoms. The summed E-state index contributed by atoms with van der Waals surface area (Å²) >= 11 is 0. The average molecular weight is 280 g/mol. The molecule has 0 bridgehead atoms. The molecule has 0 aliphatic heterocycles. The summed E-state index contributed by atoms with van der Waals surface area (Å²) in [5.41, 5.74) is 9.68. The second kappa shape index (κ2) is 5.38. The molecule has 3 rings (SSSR count). The molecule has 1 amide bonds.